The van der Waals surface area contributed by atoms with Crippen molar-refractivity contribution in [2.24, 2.45) is 5.41 Å². The molecule has 0 spiro atoms. The number of hydrogen-bond donors (Lipinski definition) is 0. The van der Waals surface area contributed by atoms with Crippen molar-refractivity contribution >= 4 is 44.6 Å². The van der Waals surface area contributed by atoms with E-state index in [1.54, 1.807) is 0 Å². The topological polar surface area (TPSA) is 33.5 Å². The van der Waals surface area contributed by atoms with Crippen LogP contribution in [0.3, 0.4) is 0 Å². The Hall–Kier alpha value is -4.86. The largest absolute Gasteiger partial charge is 0.509 e. The third-order valence-corrected chi connectivity index (χ3v) is 11.9. The first-order valence-electron chi connectivity index (χ1n) is 19.7. The average Bonchev–Trinajstić information content (AvgIpc) is 3.70. The monoisotopic (exact) mass is 932 g/mol. The molecule has 0 atom stereocenters. The van der Waals surface area contributed by atoms with Crippen LogP contribution in [-0.4, -0.2) is 9.55 Å². The van der Waals surface area contributed by atoms with Gasteiger partial charge in [0.15, 0.2) is 0 Å². The Labute approximate surface area is 354 Å². The van der Waals surface area contributed by atoms with Crippen LogP contribution in [0.15, 0.2) is 115 Å². The fourth-order valence-electron chi connectivity index (χ4n) is 7.44. The predicted octanol–water partition coefficient (Wildman–Crippen LogP) is 13.9. The first-order chi connectivity index (χ1) is 26.4. The van der Waals surface area contributed by atoms with Crippen molar-refractivity contribution in [2.75, 3.05) is 9.80 Å². The summed E-state index contributed by atoms with van der Waals surface area (Å²) in [6, 6.07) is 46.0. The number of ether oxygens (including phenoxy) is 1. The molecule has 2 aromatic heterocycles. The number of hydrogen-bond acceptors (Lipinski definition) is 4. The Morgan fingerprint density at radius 2 is 1.28 bits per heavy atom. The van der Waals surface area contributed by atoms with E-state index in [9.17, 15) is 0 Å². The molecule has 5 nitrogen and oxygen atoms in total. The summed E-state index contributed by atoms with van der Waals surface area (Å²) in [5.74, 6) is 2.09. The summed E-state index contributed by atoms with van der Waals surface area (Å²) in [7, 11) is 0. The van der Waals surface area contributed by atoms with Crippen molar-refractivity contribution in [3.63, 3.8) is 0 Å². The molecule has 6 heteroatoms. The van der Waals surface area contributed by atoms with E-state index in [2.05, 4.69) is 200 Å². The molecule has 57 heavy (non-hydrogen) atoms. The van der Waals surface area contributed by atoms with Crippen LogP contribution in [0.5, 0.6) is 11.5 Å². The van der Waals surface area contributed by atoms with Gasteiger partial charge in [0, 0.05) is 61.3 Å². The van der Waals surface area contributed by atoms with E-state index < -0.39 is 0 Å². The van der Waals surface area contributed by atoms with Gasteiger partial charge < -0.3 is 19.1 Å². The van der Waals surface area contributed by atoms with Crippen LogP contribution in [0.1, 0.15) is 92.9 Å². The van der Waals surface area contributed by atoms with Gasteiger partial charge in [0.25, 0.3) is 0 Å². The predicted molar refractivity (Wildman–Crippen MR) is 234 cm³/mol. The molecule has 3 heterocycles. The van der Waals surface area contributed by atoms with Crippen LogP contribution < -0.4 is 14.5 Å². The molecule has 0 saturated carbocycles. The summed E-state index contributed by atoms with van der Waals surface area (Å²) in [6.07, 6.45) is 1.93. The van der Waals surface area contributed by atoms with Gasteiger partial charge in [-0.25, -0.2) is 4.98 Å². The summed E-state index contributed by atoms with van der Waals surface area (Å²) in [4.78, 5) is 9.42. The van der Waals surface area contributed by atoms with E-state index in [1.165, 1.54) is 16.7 Å². The fourth-order valence-corrected chi connectivity index (χ4v) is 7.44. The van der Waals surface area contributed by atoms with Gasteiger partial charge in [-0.1, -0.05) is 118 Å². The molecule has 1 aliphatic heterocycles. The molecule has 0 saturated heterocycles. The van der Waals surface area contributed by atoms with Crippen LogP contribution in [0.4, 0.5) is 22.7 Å². The number of aromatic nitrogens is 2. The maximum Gasteiger partial charge on any atom is 0.135 e. The van der Waals surface area contributed by atoms with Crippen molar-refractivity contribution in [3.05, 3.63) is 151 Å². The molecular formula is C51H53N4OPt-3. The van der Waals surface area contributed by atoms with Crippen molar-refractivity contribution in [3.8, 4) is 17.3 Å². The molecule has 0 N–H and O–H groups in total. The third-order valence-electron chi connectivity index (χ3n) is 11.9. The summed E-state index contributed by atoms with van der Waals surface area (Å²) in [5.41, 5.74) is 10.1. The van der Waals surface area contributed by atoms with E-state index in [4.69, 9.17) is 9.72 Å². The molecule has 296 valence electrons. The molecule has 7 aromatic rings. The minimum Gasteiger partial charge on any atom is -0.509 e. The second-order valence-electron chi connectivity index (χ2n) is 18.8. The van der Waals surface area contributed by atoms with E-state index in [0.717, 1.165) is 50.4 Å². The standard InChI is InChI=1S/C51H53N4O.Pt/c1-48(2,3)34-16-14-17-37(28-34)54-33-53(44-25-22-35(29-46(44)54)49(4,5)6)38-18-15-19-39(31-38)56-40-23-24-42-41-20-12-13-21-43(41)55(45(42)32-40)47-30-36(26-27-52-47)51(10,11)50(7,8)9;/h12-30,33H,1-11H3;/q-3;. The molecule has 1 aliphatic rings. The number of fused-ring (bicyclic) bond motifs is 4. The normalized spacial score (nSPS) is 13.6. The molecule has 0 radical (unpaired) electrons. The molecule has 8 rings (SSSR count). The quantitative estimate of drug-likeness (QED) is 0.156. The zero-order chi connectivity index (χ0) is 39.8. The third kappa shape index (κ3) is 7.40. The minimum absolute atomic E-state index is 0. The van der Waals surface area contributed by atoms with Gasteiger partial charge in [0.1, 0.15) is 5.82 Å². The molecule has 0 bridgehead atoms. The van der Waals surface area contributed by atoms with Crippen LogP contribution in [0.25, 0.3) is 27.6 Å². The van der Waals surface area contributed by atoms with E-state index >= 15 is 0 Å². The van der Waals surface area contributed by atoms with Gasteiger partial charge in [0.2, 0.25) is 0 Å². The maximum atomic E-state index is 6.61. The fraction of sp³-hybridized carbons (Fsp3) is 0.294. The van der Waals surface area contributed by atoms with Crippen molar-refractivity contribution in [1.29, 1.82) is 0 Å². The van der Waals surface area contributed by atoms with Crippen LogP contribution in [-0.2, 0) is 37.3 Å². The molecule has 5 aromatic carbocycles. The number of pyridine rings is 1. The second-order valence-corrected chi connectivity index (χ2v) is 18.8. The Bertz CT molecular complexity index is 2600. The van der Waals surface area contributed by atoms with Crippen LogP contribution in [0, 0.1) is 24.2 Å². The van der Waals surface area contributed by atoms with Gasteiger partial charge in [-0.05, 0) is 86.2 Å². The van der Waals surface area contributed by atoms with Gasteiger partial charge in [-0.3, -0.25) is 0 Å². The molecule has 0 fully saturated rings. The van der Waals surface area contributed by atoms with Gasteiger partial charge in [0.05, 0.1) is 0 Å². The van der Waals surface area contributed by atoms with E-state index in [0.29, 0.717) is 11.5 Å². The maximum absolute atomic E-state index is 6.61. The second kappa shape index (κ2) is 14.5. The number of para-hydroxylation sites is 1. The first kappa shape index (κ1) is 40.3. The van der Waals surface area contributed by atoms with Gasteiger partial charge in [-0.15, -0.1) is 48.1 Å². The average molecular weight is 933 g/mol. The summed E-state index contributed by atoms with van der Waals surface area (Å²) in [5, 5.41) is 2.25. The van der Waals surface area contributed by atoms with Crippen molar-refractivity contribution in [1.82, 2.24) is 9.55 Å². The minimum atomic E-state index is -0.0715. The Balaban J connectivity index is 0.00000496. The van der Waals surface area contributed by atoms with E-state index in [-0.39, 0.29) is 42.7 Å². The summed E-state index contributed by atoms with van der Waals surface area (Å²) < 4.78 is 8.83. The number of benzene rings is 5. The number of anilines is 4. The zero-order valence-electron chi connectivity index (χ0n) is 35.1. The SMILES string of the molecule is CC(C)(C)c1cccc(N2[CH-]N(c3[c-]c(Oc4[c-]c5c(cc4)c4ccccc4n5-c4cc(C(C)(C)C(C)(C)C)ccn4)ccc3)c3ccc(C(C)(C)C)cc32)c1.[Pt]. The van der Waals surface area contributed by atoms with Crippen LogP contribution in [0.2, 0.25) is 0 Å². The van der Waals surface area contributed by atoms with Gasteiger partial charge >= 0.3 is 0 Å². The molecular weight excluding hydrogens is 880 g/mol. The Kier molecular flexibility index (Phi) is 10.3. The Morgan fingerprint density at radius 3 is 2.02 bits per heavy atom. The molecule has 0 aliphatic carbocycles. The zero-order valence-corrected chi connectivity index (χ0v) is 37.3. The van der Waals surface area contributed by atoms with Crippen LogP contribution >= 0.6 is 0 Å². The molecule has 0 amide bonds. The van der Waals surface area contributed by atoms with E-state index in [1.807, 2.05) is 24.4 Å². The summed E-state index contributed by atoms with van der Waals surface area (Å²) >= 11 is 0. The summed E-state index contributed by atoms with van der Waals surface area (Å²) in [6.45, 7) is 27.2. The van der Waals surface area contributed by atoms with Gasteiger partial charge in [-0.2, -0.15) is 12.1 Å². The number of rotatable bonds is 6. The smallest absolute Gasteiger partial charge is 0.135 e. The number of nitrogens with zero attached hydrogens (tertiary/aromatic N) is 4. The van der Waals surface area contributed by atoms with Crippen molar-refractivity contribution in [2.45, 2.75) is 92.4 Å². The Morgan fingerprint density at radius 1 is 0.579 bits per heavy atom. The molecule has 0 unspecified atom stereocenters. The van der Waals surface area contributed by atoms with Crippen molar-refractivity contribution < 1.29 is 25.8 Å². The first-order valence-corrected chi connectivity index (χ1v) is 19.7.